The van der Waals surface area contributed by atoms with Gasteiger partial charge in [0.15, 0.2) is 5.96 Å². The van der Waals surface area contributed by atoms with Gasteiger partial charge >= 0.3 is 0 Å². The smallest absolute Gasteiger partial charge is 0.193 e. The molecule has 1 saturated carbocycles. The highest BCUT2D eigenvalue weighted by Gasteiger charge is 2.27. The van der Waals surface area contributed by atoms with Gasteiger partial charge in [-0.1, -0.05) is 13.8 Å². The minimum Gasteiger partial charge on any atom is -0.355 e. The molecule has 0 bridgehead atoms. The van der Waals surface area contributed by atoms with Crippen molar-refractivity contribution in [3.8, 4) is 0 Å². The summed E-state index contributed by atoms with van der Waals surface area (Å²) in [6.07, 6.45) is 5.38. The summed E-state index contributed by atoms with van der Waals surface area (Å²) in [7, 11) is 1.90. The van der Waals surface area contributed by atoms with Crippen molar-refractivity contribution in [1.82, 2.24) is 15.1 Å². The van der Waals surface area contributed by atoms with Crippen LogP contribution in [-0.4, -0.2) is 61.6 Å². The van der Waals surface area contributed by atoms with Gasteiger partial charge in [0, 0.05) is 39.3 Å². The molecule has 0 amide bonds. The standard InChI is InChI=1S/C15H30N4.HI/c1-4-18(14-5-6-14)12-9-17-15(16-3)19-10-7-13(2)8-11-19;/h13-14H,4-12H2,1-3H3,(H,16,17);1H. The molecule has 0 atom stereocenters. The van der Waals surface area contributed by atoms with E-state index < -0.39 is 0 Å². The van der Waals surface area contributed by atoms with E-state index in [2.05, 4.69) is 34.0 Å². The Labute approximate surface area is 141 Å². The zero-order chi connectivity index (χ0) is 13.7. The fourth-order valence-corrected chi connectivity index (χ4v) is 2.90. The van der Waals surface area contributed by atoms with Crippen LogP contribution >= 0.6 is 24.0 Å². The molecular formula is C15H31IN4. The van der Waals surface area contributed by atoms with Crippen LogP contribution in [0.5, 0.6) is 0 Å². The Bertz CT molecular complexity index is 296. The first kappa shape index (κ1) is 18.0. The van der Waals surface area contributed by atoms with Crippen molar-refractivity contribution in [3.05, 3.63) is 0 Å². The number of rotatable bonds is 5. The summed E-state index contributed by atoms with van der Waals surface area (Å²) >= 11 is 0. The summed E-state index contributed by atoms with van der Waals surface area (Å²) in [5.74, 6) is 1.97. The molecule has 1 aliphatic heterocycles. The zero-order valence-corrected chi connectivity index (χ0v) is 15.6. The second-order valence-electron chi connectivity index (χ2n) is 6.00. The number of guanidine groups is 1. The van der Waals surface area contributed by atoms with Gasteiger partial charge in [0.1, 0.15) is 0 Å². The first-order valence-corrected chi connectivity index (χ1v) is 7.94. The molecule has 118 valence electrons. The van der Waals surface area contributed by atoms with E-state index in [-0.39, 0.29) is 24.0 Å². The lowest BCUT2D eigenvalue weighted by atomic mass is 10.00. The molecule has 1 heterocycles. The number of aliphatic imine (C=N–C) groups is 1. The molecule has 2 rings (SSSR count). The Morgan fingerprint density at radius 2 is 1.90 bits per heavy atom. The van der Waals surface area contributed by atoms with Crippen molar-refractivity contribution < 1.29 is 0 Å². The van der Waals surface area contributed by atoms with Gasteiger partial charge in [0.05, 0.1) is 0 Å². The molecule has 2 aliphatic rings. The van der Waals surface area contributed by atoms with Crippen LogP contribution in [0.2, 0.25) is 0 Å². The Morgan fingerprint density at radius 3 is 2.40 bits per heavy atom. The second kappa shape index (κ2) is 9.07. The van der Waals surface area contributed by atoms with Gasteiger partial charge < -0.3 is 10.2 Å². The maximum absolute atomic E-state index is 4.43. The molecule has 0 radical (unpaired) electrons. The van der Waals surface area contributed by atoms with Gasteiger partial charge in [0.25, 0.3) is 0 Å². The normalized spacial score (nSPS) is 21.0. The number of piperidine rings is 1. The first-order valence-electron chi connectivity index (χ1n) is 7.94. The van der Waals surface area contributed by atoms with Gasteiger partial charge in [-0.2, -0.15) is 0 Å². The average molecular weight is 394 g/mol. The summed E-state index contributed by atoms with van der Waals surface area (Å²) in [6, 6.07) is 0.865. The third-order valence-corrected chi connectivity index (χ3v) is 4.45. The van der Waals surface area contributed by atoms with Gasteiger partial charge in [-0.25, -0.2) is 0 Å². The van der Waals surface area contributed by atoms with E-state index >= 15 is 0 Å². The van der Waals surface area contributed by atoms with Crippen molar-refractivity contribution in [2.45, 2.75) is 45.6 Å². The summed E-state index contributed by atoms with van der Waals surface area (Å²) in [5, 5.41) is 3.54. The van der Waals surface area contributed by atoms with Gasteiger partial charge in [-0.05, 0) is 38.1 Å². The maximum Gasteiger partial charge on any atom is 0.193 e. The summed E-state index contributed by atoms with van der Waals surface area (Å²) in [4.78, 5) is 9.42. The number of halogens is 1. The van der Waals surface area contributed by atoms with Crippen molar-refractivity contribution in [2.24, 2.45) is 10.9 Å². The minimum absolute atomic E-state index is 0. The minimum atomic E-state index is 0. The maximum atomic E-state index is 4.43. The fraction of sp³-hybridized carbons (Fsp3) is 0.933. The van der Waals surface area contributed by atoms with Crippen LogP contribution in [0.25, 0.3) is 0 Å². The SMILES string of the molecule is CCN(CCNC(=NC)N1CCC(C)CC1)C1CC1.I. The van der Waals surface area contributed by atoms with E-state index in [0.717, 1.165) is 44.1 Å². The van der Waals surface area contributed by atoms with E-state index in [1.807, 2.05) is 7.05 Å². The highest BCUT2D eigenvalue weighted by molar-refractivity contribution is 14.0. The Balaban J connectivity index is 0.00000200. The van der Waals surface area contributed by atoms with E-state index in [1.165, 1.54) is 32.2 Å². The van der Waals surface area contributed by atoms with Gasteiger partial charge in [-0.3, -0.25) is 9.89 Å². The van der Waals surface area contributed by atoms with Crippen LogP contribution in [0, 0.1) is 5.92 Å². The second-order valence-corrected chi connectivity index (χ2v) is 6.00. The topological polar surface area (TPSA) is 30.9 Å². The van der Waals surface area contributed by atoms with Crippen LogP contribution < -0.4 is 5.32 Å². The predicted molar refractivity (Wildman–Crippen MR) is 97.0 cm³/mol. The van der Waals surface area contributed by atoms with Crippen LogP contribution in [0.1, 0.15) is 39.5 Å². The van der Waals surface area contributed by atoms with Gasteiger partial charge in [0.2, 0.25) is 0 Å². The summed E-state index contributed by atoms with van der Waals surface area (Å²) in [6.45, 7) is 10.3. The first-order chi connectivity index (χ1) is 9.24. The molecule has 1 saturated heterocycles. The molecule has 4 nitrogen and oxygen atoms in total. The molecule has 0 unspecified atom stereocenters. The summed E-state index contributed by atoms with van der Waals surface area (Å²) < 4.78 is 0. The van der Waals surface area contributed by atoms with Crippen LogP contribution in [0.3, 0.4) is 0 Å². The predicted octanol–water partition coefficient (Wildman–Crippen LogP) is 2.40. The van der Waals surface area contributed by atoms with Crippen molar-refractivity contribution in [3.63, 3.8) is 0 Å². The molecular weight excluding hydrogens is 363 g/mol. The lowest BCUT2D eigenvalue weighted by Crippen LogP contribution is -2.47. The lowest BCUT2D eigenvalue weighted by molar-refractivity contribution is 0.263. The molecule has 0 aromatic rings. The third-order valence-electron chi connectivity index (χ3n) is 4.45. The number of likely N-dealkylation sites (tertiary alicyclic amines) is 1. The van der Waals surface area contributed by atoms with Crippen molar-refractivity contribution in [2.75, 3.05) is 39.8 Å². The third kappa shape index (κ3) is 5.39. The van der Waals surface area contributed by atoms with Crippen molar-refractivity contribution >= 4 is 29.9 Å². The largest absolute Gasteiger partial charge is 0.355 e. The van der Waals surface area contributed by atoms with Crippen LogP contribution in [-0.2, 0) is 0 Å². The van der Waals surface area contributed by atoms with E-state index in [9.17, 15) is 0 Å². The molecule has 20 heavy (non-hydrogen) atoms. The van der Waals surface area contributed by atoms with Crippen molar-refractivity contribution in [1.29, 1.82) is 0 Å². The highest BCUT2D eigenvalue weighted by atomic mass is 127. The van der Waals surface area contributed by atoms with E-state index in [0.29, 0.717) is 0 Å². The number of nitrogens with one attached hydrogen (secondary N) is 1. The Hall–Kier alpha value is -0.0400. The average Bonchev–Trinajstić information content (AvgIpc) is 3.25. The summed E-state index contributed by atoms with van der Waals surface area (Å²) in [5.41, 5.74) is 0. The Kier molecular flexibility index (Phi) is 8.17. The number of likely N-dealkylation sites (N-methyl/N-ethyl adjacent to an activating group) is 1. The molecule has 5 heteroatoms. The Morgan fingerprint density at radius 1 is 1.25 bits per heavy atom. The number of hydrogen-bond donors (Lipinski definition) is 1. The molecule has 1 aliphatic carbocycles. The monoisotopic (exact) mass is 394 g/mol. The number of hydrogen-bond acceptors (Lipinski definition) is 2. The molecule has 0 aromatic carbocycles. The zero-order valence-electron chi connectivity index (χ0n) is 13.3. The number of nitrogens with zero attached hydrogens (tertiary/aromatic N) is 3. The van der Waals surface area contributed by atoms with Gasteiger partial charge in [-0.15, -0.1) is 24.0 Å². The highest BCUT2D eigenvalue weighted by Crippen LogP contribution is 2.25. The quantitative estimate of drug-likeness (QED) is 0.442. The molecule has 0 aromatic heterocycles. The molecule has 2 fully saturated rings. The fourth-order valence-electron chi connectivity index (χ4n) is 2.90. The lowest BCUT2D eigenvalue weighted by Gasteiger charge is -2.33. The van der Waals surface area contributed by atoms with E-state index in [1.54, 1.807) is 0 Å². The molecule has 1 N–H and O–H groups in total. The van der Waals surface area contributed by atoms with Crippen LogP contribution in [0.4, 0.5) is 0 Å². The van der Waals surface area contributed by atoms with Crippen LogP contribution in [0.15, 0.2) is 4.99 Å². The molecule has 0 spiro atoms. The van der Waals surface area contributed by atoms with E-state index in [4.69, 9.17) is 0 Å².